The fourth-order valence-electron chi connectivity index (χ4n) is 4.32. The number of amides is 3. The molecule has 2 unspecified atom stereocenters. The third-order valence-electron chi connectivity index (χ3n) is 6.34. The molecule has 2 N–H and O–H groups in total. The fourth-order valence-corrected chi connectivity index (χ4v) is 6.06. The number of sulfone groups is 1. The zero-order chi connectivity index (χ0) is 30.5. The summed E-state index contributed by atoms with van der Waals surface area (Å²) in [5.74, 6) is -6.16. The van der Waals surface area contributed by atoms with Gasteiger partial charge in [0.2, 0.25) is 0 Å². The summed E-state index contributed by atoms with van der Waals surface area (Å²) in [6, 6.07) is 4.57. The summed E-state index contributed by atoms with van der Waals surface area (Å²) >= 11 is 5.94. The van der Waals surface area contributed by atoms with Crippen LogP contribution in [0.25, 0.3) is 0 Å². The quantitative estimate of drug-likeness (QED) is 0.480. The summed E-state index contributed by atoms with van der Waals surface area (Å²) < 4.78 is 85.8. The van der Waals surface area contributed by atoms with Gasteiger partial charge in [0, 0.05) is 11.1 Å². The first-order valence-electron chi connectivity index (χ1n) is 12.3. The number of benzene rings is 2. The third-order valence-corrected chi connectivity index (χ3v) is 8.36. The van der Waals surface area contributed by atoms with Crippen molar-refractivity contribution < 1.29 is 45.1 Å². The van der Waals surface area contributed by atoms with Crippen LogP contribution in [0.15, 0.2) is 41.3 Å². The number of anilines is 1. The third kappa shape index (κ3) is 7.10. The molecule has 1 aliphatic heterocycles. The number of nitrogens with one attached hydrogen (secondary N) is 2. The zero-order valence-corrected chi connectivity index (χ0v) is 23.6. The fraction of sp³-hybridized carbons (Fsp3) is 0.423. The van der Waals surface area contributed by atoms with Crippen LogP contribution in [0, 0.1) is 11.7 Å². The Morgan fingerprint density at radius 3 is 2.29 bits per heavy atom. The van der Waals surface area contributed by atoms with Gasteiger partial charge in [-0.25, -0.2) is 17.6 Å². The normalized spacial score (nSPS) is 21.9. The molecular formula is C26H26ClF4N3O6S. The van der Waals surface area contributed by atoms with E-state index in [1.54, 1.807) is 32.9 Å². The number of carbonyl (C=O) groups is 3. The van der Waals surface area contributed by atoms with Gasteiger partial charge in [0.05, 0.1) is 34.4 Å². The van der Waals surface area contributed by atoms with Gasteiger partial charge in [-0.15, -0.1) is 0 Å². The van der Waals surface area contributed by atoms with Crippen molar-refractivity contribution in [3.63, 3.8) is 0 Å². The summed E-state index contributed by atoms with van der Waals surface area (Å²) in [6.07, 6.45) is -6.00. The standard InChI is InChI=1S/C26H26ClF4N3O6S/c1-25(2,3)40-24(37)33-19-12-41(38,39)21-10-17(28)15(22(35)32-18-9-16(18)26(29,30)31)8-20(21)34(23(19)36)11-13-4-6-14(27)7-5-13/h4-8,10,16,18-19H,9,11-12H2,1-3H3,(H,32,35)(H,33,37)/t16?,18?,19-/m0/s1. The Kier molecular flexibility index (Phi) is 8.04. The van der Waals surface area contributed by atoms with Crippen LogP contribution < -0.4 is 15.5 Å². The Morgan fingerprint density at radius 2 is 1.73 bits per heavy atom. The first-order chi connectivity index (χ1) is 18.9. The van der Waals surface area contributed by atoms with Crippen LogP contribution >= 0.6 is 11.6 Å². The predicted molar refractivity (Wildman–Crippen MR) is 140 cm³/mol. The smallest absolute Gasteiger partial charge is 0.408 e. The summed E-state index contributed by atoms with van der Waals surface area (Å²) in [5.41, 5.74) is -1.64. The monoisotopic (exact) mass is 619 g/mol. The molecule has 222 valence electrons. The maximum Gasteiger partial charge on any atom is 0.408 e. The lowest BCUT2D eigenvalue weighted by Gasteiger charge is -2.27. The minimum absolute atomic E-state index is 0.281. The molecule has 1 aliphatic carbocycles. The Labute approximate surface area is 238 Å². The Balaban J connectivity index is 1.75. The molecule has 1 fully saturated rings. The first kappa shape index (κ1) is 30.6. The van der Waals surface area contributed by atoms with E-state index in [4.69, 9.17) is 16.3 Å². The molecule has 41 heavy (non-hydrogen) atoms. The zero-order valence-electron chi connectivity index (χ0n) is 22.0. The van der Waals surface area contributed by atoms with Crippen molar-refractivity contribution in [2.45, 2.75) is 62.5 Å². The number of ether oxygens (including phenoxy) is 1. The van der Waals surface area contributed by atoms with Crippen molar-refractivity contribution >= 4 is 45.0 Å². The van der Waals surface area contributed by atoms with Crippen LogP contribution in [-0.2, 0) is 25.9 Å². The predicted octanol–water partition coefficient (Wildman–Crippen LogP) is 4.37. The molecule has 0 aromatic heterocycles. The number of hydrogen-bond donors (Lipinski definition) is 2. The molecule has 9 nitrogen and oxygen atoms in total. The summed E-state index contributed by atoms with van der Waals surface area (Å²) in [6.45, 7) is 4.41. The van der Waals surface area contributed by atoms with E-state index < -0.39 is 79.6 Å². The molecule has 3 amide bonds. The van der Waals surface area contributed by atoms with Crippen molar-refractivity contribution in [2.24, 2.45) is 5.92 Å². The molecule has 2 aromatic carbocycles. The second kappa shape index (κ2) is 10.8. The minimum atomic E-state index is -4.55. The van der Waals surface area contributed by atoms with E-state index in [0.717, 1.165) is 11.0 Å². The first-order valence-corrected chi connectivity index (χ1v) is 14.4. The molecule has 4 rings (SSSR count). The van der Waals surface area contributed by atoms with E-state index in [1.807, 2.05) is 0 Å². The molecule has 3 atom stereocenters. The highest BCUT2D eigenvalue weighted by atomic mass is 35.5. The van der Waals surface area contributed by atoms with Crippen molar-refractivity contribution in [3.05, 3.63) is 58.4 Å². The highest BCUT2D eigenvalue weighted by molar-refractivity contribution is 7.91. The van der Waals surface area contributed by atoms with Crippen molar-refractivity contribution in [1.29, 1.82) is 0 Å². The van der Waals surface area contributed by atoms with Crippen LogP contribution in [0.1, 0.15) is 43.1 Å². The topological polar surface area (TPSA) is 122 Å². The number of hydrogen-bond acceptors (Lipinski definition) is 6. The van der Waals surface area contributed by atoms with Gasteiger partial charge in [-0.3, -0.25) is 9.59 Å². The van der Waals surface area contributed by atoms with Crippen molar-refractivity contribution in [2.75, 3.05) is 10.7 Å². The van der Waals surface area contributed by atoms with Gasteiger partial charge in [-0.1, -0.05) is 23.7 Å². The van der Waals surface area contributed by atoms with Crippen LogP contribution in [-0.4, -0.2) is 55.9 Å². The molecule has 15 heteroatoms. The van der Waals surface area contributed by atoms with Crippen LogP contribution in [0.5, 0.6) is 0 Å². The lowest BCUT2D eigenvalue weighted by Crippen LogP contribution is -2.51. The minimum Gasteiger partial charge on any atom is -0.444 e. The summed E-state index contributed by atoms with van der Waals surface area (Å²) in [7, 11) is -4.46. The number of alkyl halides is 3. The van der Waals surface area contributed by atoms with Crippen LogP contribution in [0.2, 0.25) is 5.02 Å². The number of carbonyl (C=O) groups excluding carboxylic acids is 3. The molecule has 2 aromatic rings. The Morgan fingerprint density at radius 1 is 1.10 bits per heavy atom. The van der Waals surface area contributed by atoms with Crippen molar-refractivity contribution in [3.8, 4) is 0 Å². The van der Waals surface area contributed by atoms with Gasteiger partial charge in [-0.2, -0.15) is 13.2 Å². The molecule has 2 aliphatic rings. The second-order valence-electron chi connectivity index (χ2n) is 10.8. The highest BCUT2D eigenvalue weighted by Crippen LogP contribution is 2.45. The van der Waals surface area contributed by atoms with E-state index in [0.29, 0.717) is 16.7 Å². The molecule has 0 bridgehead atoms. The Bertz CT molecular complexity index is 1490. The van der Waals surface area contributed by atoms with Gasteiger partial charge >= 0.3 is 12.3 Å². The molecule has 0 radical (unpaired) electrons. The van der Waals surface area contributed by atoms with E-state index >= 15 is 4.39 Å². The van der Waals surface area contributed by atoms with E-state index in [-0.39, 0.29) is 18.7 Å². The largest absolute Gasteiger partial charge is 0.444 e. The van der Waals surface area contributed by atoms with E-state index in [1.165, 1.54) is 12.1 Å². The SMILES string of the molecule is CC(C)(C)OC(=O)N[C@H]1CS(=O)(=O)c2cc(F)c(C(=O)NC3CC3C(F)(F)F)cc2N(Cc2ccc(Cl)cc2)C1=O. The van der Waals surface area contributed by atoms with Crippen molar-refractivity contribution in [1.82, 2.24) is 10.6 Å². The number of rotatable bonds is 5. The van der Waals surface area contributed by atoms with Crippen LogP contribution in [0.4, 0.5) is 28.0 Å². The van der Waals surface area contributed by atoms with Crippen LogP contribution in [0.3, 0.4) is 0 Å². The molecule has 0 spiro atoms. The average Bonchev–Trinajstić information content (AvgIpc) is 3.61. The molecular weight excluding hydrogens is 594 g/mol. The van der Waals surface area contributed by atoms with E-state index in [2.05, 4.69) is 10.6 Å². The number of fused-ring (bicyclic) bond motifs is 1. The summed E-state index contributed by atoms with van der Waals surface area (Å²) in [4.78, 5) is 39.3. The maximum absolute atomic E-state index is 15.1. The lowest BCUT2D eigenvalue weighted by molar-refractivity contribution is -0.148. The highest BCUT2D eigenvalue weighted by Gasteiger charge is 2.56. The molecule has 0 saturated heterocycles. The second-order valence-corrected chi connectivity index (χ2v) is 13.2. The van der Waals surface area contributed by atoms with E-state index in [9.17, 15) is 36.0 Å². The van der Waals surface area contributed by atoms with Gasteiger partial charge < -0.3 is 20.3 Å². The number of nitrogens with zero attached hydrogens (tertiary/aromatic N) is 1. The van der Waals surface area contributed by atoms with Gasteiger partial charge in [0.25, 0.3) is 11.8 Å². The molecule has 1 heterocycles. The average molecular weight is 620 g/mol. The van der Waals surface area contributed by atoms with Gasteiger partial charge in [0.15, 0.2) is 9.84 Å². The Hall–Kier alpha value is -3.39. The number of halogens is 5. The van der Waals surface area contributed by atoms with Gasteiger partial charge in [0.1, 0.15) is 17.5 Å². The van der Waals surface area contributed by atoms with Gasteiger partial charge in [-0.05, 0) is 57.0 Å². The lowest BCUT2D eigenvalue weighted by atomic mass is 10.1. The molecule has 1 saturated carbocycles. The maximum atomic E-state index is 15.1. The summed E-state index contributed by atoms with van der Waals surface area (Å²) in [5, 5.41) is 4.74. The number of alkyl carbamates (subject to hydrolysis) is 1.